The number of oxime groups is 1. The number of nitrogens with two attached hydrogens (primary N) is 1. The lowest BCUT2D eigenvalue weighted by Crippen LogP contribution is -2.47. The number of guanidine groups is 1. The summed E-state index contributed by atoms with van der Waals surface area (Å²) in [7, 11) is 0. The zero-order valence-electron chi connectivity index (χ0n) is 7.14. The van der Waals surface area contributed by atoms with Crippen LogP contribution in [0, 0.1) is 5.92 Å². The fraction of sp³-hybridized carbons (Fsp3) is 0.857. The van der Waals surface area contributed by atoms with Crippen molar-refractivity contribution >= 4 is 5.96 Å². The van der Waals surface area contributed by atoms with E-state index in [0.29, 0.717) is 19.5 Å². The van der Waals surface area contributed by atoms with Gasteiger partial charge >= 0.3 is 0 Å². The average Bonchev–Trinajstić information content (AvgIpc) is 2.08. The van der Waals surface area contributed by atoms with Gasteiger partial charge in [0.2, 0.25) is 5.96 Å². The lowest BCUT2D eigenvalue weighted by atomic mass is 9.97. The van der Waals surface area contributed by atoms with Gasteiger partial charge in [-0.05, 0) is 12.3 Å². The first-order valence-electron chi connectivity index (χ1n) is 4.05. The molecule has 0 aromatic heterocycles. The minimum Gasteiger partial charge on any atom is -0.408 e. The molecule has 0 aromatic carbocycles. The Bertz CT molecular complexity index is 183. The molecule has 0 amide bonds. The van der Waals surface area contributed by atoms with Crippen molar-refractivity contribution in [1.82, 2.24) is 4.90 Å². The van der Waals surface area contributed by atoms with E-state index >= 15 is 0 Å². The van der Waals surface area contributed by atoms with Gasteiger partial charge in [0.25, 0.3) is 0 Å². The normalized spacial score (nSPS) is 32.2. The molecule has 12 heavy (non-hydrogen) atoms. The number of hydrogen-bond donors (Lipinski definition) is 3. The minimum atomic E-state index is -0.257. The molecule has 2 unspecified atom stereocenters. The fourth-order valence-electron chi connectivity index (χ4n) is 1.40. The van der Waals surface area contributed by atoms with E-state index in [1.165, 1.54) is 0 Å². The van der Waals surface area contributed by atoms with Gasteiger partial charge in [0.1, 0.15) is 0 Å². The van der Waals surface area contributed by atoms with E-state index < -0.39 is 0 Å². The summed E-state index contributed by atoms with van der Waals surface area (Å²) in [5, 5.41) is 20.7. The van der Waals surface area contributed by atoms with Gasteiger partial charge in [-0.25, -0.2) is 0 Å². The third-order valence-electron chi connectivity index (χ3n) is 2.29. The van der Waals surface area contributed by atoms with Crippen LogP contribution in [0.4, 0.5) is 0 Å². The van der Waals surface area contributed by atoms with Crippen LogP contribution in [0.2, 0.25) is 0 Å². The molecule has 2 atom stereocenters. The molecule has 4 N–H and O–H groups in total. The van der Waals surface area contributed by atoms with E-state index in [9.17, 15) is 5.11 Å². The maximum absolute atomic E-state index is 9.38. The first-order valence-corrected chi connectivity index (χ1v) is 4.05. The van der Waals surface area contributed by atoms with Gasteiger partial charge < -0.3 is 20.9 Å². The zero-order valence-corrected chi connectivity index (χ0v) is 7.14. The molecule has 0 bridgehead atoms. The Labute approximate surface area is 71.5 Å². The minimum absolute atomic E-state index is 0.133. The van der Waals surface area contributed by atoms with Crippen molar-refractivity contribution in [3.05, 3.63) is 0 Å². The summed E-state index contributed by atoms with van der Waals surface area (Å²) in [6.45, 7) is 3.25. The molecule has 0 aliphatic carbocycles. The molecule has 0 aromatic rings. The summed E-state index contributed by atoms with van der Waals surface area (Å²) in [4.78, 5) is 1.76. The Balaban J connectivity index is 2.51. The van der Waals surface area contributed by atoms with Crippen LogP contribution in [0.1, 0.15) is 13.3 Å². The molecular formula is C7H15N3O2. The zero-order chi connectivity index (χ0) is 9.14. The SMILES string of the molecule is CC1CN(C(N)=NO)CCC1O. The summed E-state index contributed by atoms with van der Waals surface area (Å²) in [5.74, 6) is 0.313. The van der Waals surface area contributed by atoms with Crippen molar-refractivity contribution in [2.45, 2.75) is 19.4 Å². The molecule has 1 aliphatic rings. The monoisotopic (exact) mass is 173 g/mol. The van der Waals surface area contributed by atoms with E-state index in [0.717, 1.165) is 0 Å². The van der Waals surface area contributed by atoms with Crippen molar-refractivity contribution in [3.8, 4) is 0 Å². The highest BCUT2D eigenvalue weighted by Gasteiger charge is 2.25. The van der Waals surface area contributed by atoms with E-state index in [4.69, 9.17) is 10.9 Å². The van der Waals surface area contributed by atoms with Gasteiger partial charge in [0, 0.05) is 13.1 Å². The molecule has 0 saturated carbocycles. The Morgan fingerprint density at radius 1 is 1.67 bits per heavy atom. The maximum Gasteiger partial charge on any atom is 0.233 e. The molecule has 70 valence electrons. The molecule has 0 radical (unpaired) electrons. The smallest absolute Gasteiger partial charge is 0.233 e. The van der Waals surface area contributed by atoms with E-state index in [-0.39, 0.29) is 18.0 Å². The Hall–Kier alpha value is -0.970. The van der Waals surface area contributed by atoms with E-state index in [1.807, 2.05) is 6.92 Å². The van der Waals surface area contributed by atoms with Gasteiger partial charge in [-0.2, -0.15) is 0 Å². The van der Waals surface area contributed by atoms with Crippen LogP contribution in [-0.4, -0.2) is 40.4 Å². The molecule has 5 heteroatoms. The van der Waals surface area contributed by atoms with Gasteiger partial charge in [-0.15, -0.1) is 0 Å². The Morgan fingerprint density at radius 2 is 2.33 bits per heavy atom. The number of aliphatic hydroxyl groups excluding tert-OH is 1. The summed E-state index contributed by atoms with van der Waals surface area (Å²) in [5.41, 5.74) is 5.40. The van der Waals surface area contributed by atoms with Crippen LogP contribution in [0.15, 0.2) is 5.16 Å². The second-order valence-corrected chi connectivity index (χ2v) is 3.24. The molecule has 1 aliphatic heterocycles. The quantitative estimate of drug-likeness (QED) is 0.197. The lowest BCUT2D eigenvalue weighted by molar-refractivity contribution is 0.0574. The second kappa shape index (κ2) is 3.62. The van der Waals surface area contributed by atoms with Crippen LogP contribution >= 0.6 is 0 Å². The largest absolute Gasteiger partial charge is 0.408 e. The second-order valence-electron chi connectivity index (χ2n) is 3.24. The number of hydrogen-bond acceptors (Lipinski definition) is 3. The van der Waals surface area contributed by atoms with E-state index in [1.54, 1.807) is 4.90 Å². The summed E-state index contributed by atoms with van der Waals surface area (Å²) >= 11 is 0. The molecular weight excluding hydrogens is 158 g/mol. The number of nitrogens with zero attached hydrogens (tertiary/aromatic N) is 2. The van der Waals surface area contributed by atoms with Gasteiger partial charge in [-0.3, -0.25) is 0 Å². The van der Waals surface area contributed by atoms with Gasteiger partial charge in [0.05, 0.1) is 6.10 Å². The molecule has 1 fully saturated rings. The van der Waals surface area contributed by atoms with Crippen LogP contribution in [-0.2, 0) is 0 Å². The summed E-state index contributed by atoms with van der Waals surface area (Å²) in [6.07, 6.45) is 0.421. The van der Waals surface area contributed by atoms with Crippen molar-refractivity contribution in [3.63, 3.8) is 0 Å². The van der Waals surface area contributed by atoms with Gasteiger partial charge in [0.15, 0.2) is 0 Å². The third kappa shape index (κ3) is 1.79. The Kier molecular flexibility index (Phi) is 2.75. The van der Waals surface area contributed by atoms with Crippen molar-refractivity contribution in [2.75, 3.05) is 13.1 Å². The standard InChI is InChI=1S/C7H15N3O2/c1-5-4-10(7(8)9-12)3-2-6(5)11/h5-6,11-12H,2-4H2,1H3,(H2,8,9). The average molecular weight is 173 g/mol. The van der Waals surface area contributed by atoms with E-state index in [2.05, 4.69) is 5.16 Å². The first kappa shape index (κ1) is 9.12. The van der Waals surface area contributed by atoms with Crippen LogP contribution in [0.25, 0.3) is 0 Å². The van der Waals surface area contributed by atoms with Crippen LogP contribution in [0.5, 0.6) is 0 Å². The topological polar surface area (TPSA) is 82.1 Å². The fourth-order valence-corrected chi connectivity index (χ4v) is 1.40. The molecule has 1 rings (SSSR count). The van der Waals surface area contributed by atoms with Crippen molar-refractivity contribution in [1.29, 1.82) is 0 Å². The predicted octanol–water partition coefficient (Wildman–Crippen LogP) is -0.607. The highest BCUT2D eigenvalue weighted by atomic mass is 16.4. The summed E-state index contributed by atoms with van der Waals surface area (Å²) < 4.78 is 0. The summed E-state index contributed by atoms with van der Waals surface area (Å²) in [6, 6.07) is 0. The highest BCUT2D eigenvalue weighted by Crippen LogP contribution is 2.15. The van der Waals surface area contributed by atoms with Crippen molar-refractivity contribution < 1.29 is 10.3 Å². The predicted molar refractivity (Wildman–Crippen MR) is 44.8 cm³/mol. The number of likely N-dealkylation sites (tertiary alicyclic amines) is 1. The molecule has 1 heterocycles. The molecule has 0 spiro atoms. The van der Waals surface area contributed by atoms with Gasteiger partial charge in [-0.1, -0.05) is 12.1 Å². The Morgan fingerprint density at radius 3 is 2.83 bits per heavy atom. The first-order chi connectivity index (χ1) is 5.65. The number of rotatable bonds is 0. The highest BCUT2D eigenvalue weighted by molar-refractivity contribution is 5.77. The molecule has 5 nitrogen and oxygen atoms in total. The van der Waals surface area contributed by atoms with Crippen LogP contribution in [0.3, 0.4) is 0 Å². The number of piperidine rings is 1. The lowest BCUT2D eigenvalue weighted by Gasteiger charge is -2.34. The number of aliphatic hydroxyl groups is 1. The van der Waals surface area contributed by atoms with Crippen molar-refractivity contribution in [2.24, 2.45) is 16.8 Å². The van der Waals surface area contributed by atoms with Crippen LogP contribution < -0.4 is 5.73 Å². The maximum atomic E-state index is 9.38. The molecule has 1 saturated heterocycles. The third-order valence-corrected chi connectivity index (χ3v) is 2.29.